The van der Waals surface area contributed by atoms with Crippen molar-refractivity contribution >= 4 is 10.0 Å². The molecule has 1 heterocycles. The van der Waals surface area contributed by atoms with Gasteiger partial charge in [0, 0.05) is 18.3 Å². The first kappa shape index (κ1) is 18.1. The zero-order valence-corrected chi connectivity index (χ0v) is 14.8. The molecule has 2 aliphatic rings. The van der Waals surface area contributed by atoms with Gasteiger partial charge in [-0.15, -0.1) is 0 Å². The number of allylic oxidation sites excluding steroid dienone is 3. The molecule has 2 atom stereocenters. The Morgan fingerprint density at radius 1 is 1.36 bits per heavy atom. The van der Waals surface area contributed by atoms with E-state index in [4.69, 9.17) is 4.74 Å². The van der Waals surface area contributed by atoms with E-state index in [1.165, 1.54) is 20.2 Å². The highest BCUT2D eigenvalue weighted by Gasteiger charge is 2.48. The minimum Gasteiger partial charge on any atom is -0.499 e. The maximum Gasteiger partial charge on any atom is 0.392 e. The van der Waals surface area contributed by atoms with E-state index in [0.717, 1.165) is 3.97 Å². The predicted molar refractivity (Wildman–Crippen MR) is 87.6 cm³/mol. The van der Waals surface area contributed by atoms with Crippen molar-refractivity contribution in [3.8, 4) is 0 Å². The minimum atomic E-state index is -4.33. The van der Waals surface area contributed by atoms with Crippen LogP contribution in [0.1, 0.15) is 31.0 Å². The van der Waals surface area contributed by atoms with E-state index < -0.39 is 26.9 Å². The summed E-state index contributed by atoms with van der Waals surface area (Å²) in [5, 5.41) is 0. The van der Waals surface area contributed by atoms with Gasteiger partial charge >= 0.3 is 6.18 Å². The van der Waals surface area contributed by atoms with E-state index in [2.05, 4.69) is 0 Å². The largest absolute Gasteiger partial charge is 0.499 e. The van der Waals surface area contributed by atoms with Crippen molar-refractivity contribution in [2.45, 2.75) is 43.5 Å². The van der Waals surface area contributed by atoms with Crippen LogP contribution in [0.3, 0.4) is 0 Å². The second-order valence-electron chi connectivity index (χ2n) is 6.67. The molecule has 0 radical (unpaired) electrons. The number of fused-ring (bicyclic) bond motifs is 1. The summed E-state index contributed by atoms with van der Waals surface area (Å²) >= 11 is 0. The standard InChI is InChI=1S/C17H20F3NO3S/c1-16(9-4-3-5-15(16)24-2)25(22,23)21-10-8-12-6-7-13(11-14(12)21)17(18,19)20/h3-5,8,10,13H,6-7,9,11H2,1-2H3/t13-,16?/m0/s1. The summed E-state index contributed by atoms with van der Waals surface area (Å²) in [6, 6.07) is 1.61. The number of methoxy groups -OCH3 is 1. The first-order chi connectivity index (χ1) is 11.6. The number of alkyl halides is 3. The molecule has 0 spiro atoms. The van der Waals surface area contributed by atoms with Crippen LogP contribution in [0.5, 0.6) is 0 Å². The van der Waals surface area contributed by atoms with Crippen molar-refractivity contribution in [1.82, 2.24) is 3.97 Å². The van der Waals surface area contributed by atoms with Gasteiger partial charge in [-0.2, -0.15) is 13.2 Å². The number of rotatable bonds is 3. The van der Waals surface area contributed by atoms with E-state index >= 15 is 0 Å². The first-order valence-corrected chi connectivity index (χ1v) is 9.47. The Morgan fingerprint density at radius 2 is 2.08 bits per heavy atom. The molecule has 8 heteroatoms. The number of aromatic nitrogens is 1. The molecule has 0 fully saturated rings. The molecule has 0 amide bonds. The summed E-state index contributed by atoms with van der Waals surface area (Å²) in [5.74, 6) is -1.24. The van der Waals surface area contributed by atoms with Gasteiger partial charge in [0.1, 0.15) is 10.5 Å². The minimum absolute atomic E-state index is 0.0101. The molecule has 0 bridgehead atoms. The Morgan fingerprint density at radius 3 is 2.72 bits per heavy atom. The molecule has 1 aromatic rings. The molecule has 25 heavy (non-hydrogen) atoms. The van der Waals surface area contributed by atoms with Gasteiger partial charge in [0.05, 0.1) is 13.0 Å². The van der Waals surface area contributed by atoms with Crippen molar-refractivity contribution in [3.05, 3.63) is 47.5 Å². The second kappa shape index (κ2) is 5.93. The van der Waals surface area contributed by atoms with Crippen molar-refractivity contribution in [1.29, 1.82) is 0 Å². The summed E-state index contributed by atoms with van der Waals surface area (Å²) in [7, 11) is -2.59. The maximum absolute atomic E-state index is 13.3. The molecule has 138 valence electrons. The highest BCUT2D eigenvalue weighted by molar-refractivity contribution is 7.91. The van der Waals surface area contributed by atoms with Crippen molar-refractivity contribution in [2.24, 2.45) is 5.92 Å². The average Bonchev–Trinajstić information content (AvgIpc) is 2.98. The van der Waals surface area contributed by atoms with Crippen LogP contribution in [0, 0.1) is 5.92 Å². The van der Waals surface area contributed by atoms with Gasteiger partial charge in [0.25, 0.3) is 10.0 Å². The van der Waals surface area contributed by atoms with Gasteiger partial charge in [-0.25, -0.2) is 12.4 Å². The van der Waals surface area contributed by atoms with Crippen LogP contribution >= 0.6 is 0 Å². The van der Waals surface area contributed by atoms with Crippen molar-refractivity contribution in [2.75, 3.05) is 7.11 Å². The number of hydrogen-bond donors (Lipinski definition) is 0. The number of halogens is 3. The number of aryl methyl sites for hydroxylation is 1. The highest BCUT2D eigenvalue weighted by Crippen LogP contribution is 2.41. The summed E-state index contributed by atoms with van der Waals surface area (Å²) < 4.78 is 70.9. The van der Waals surface area contributed by atoms with Gasteiger partial charge in [-0.3, -0.25) is 0 Å². The summed E-state index contributed by atoms with van der Waals surface area (Å²) in [6.07, 6.45) is 2.15. The normalized spacial score (nSPS) is 26.9. The van der Waals surface area contributed by atoms with Gasteiger partial charge in [-0.05, 0) is 43.9 Å². The summed E-state index contributed by atoms with van der Waals surface area (Å²) in [5.41, 5.74) is 0.904. The third kappa shape index (κ3) is 2.80. The molecular weight excluding hydrogens is 355 g/mol. The van der Waals surface area contributed by atoms with Crippen molar-refractivity contribution in [3.63, 3.8) is 0 Å². The molecule has 1 aromatic heterocycles. The fraction of sp³-hybridized carbons (Fsp3) is 0.529. The molecule has 3 rings (SSSR count). The van der Waals surface area contributed by atoms with Gasteiger partial charge in [-0.1, -0.05) is 12.2 Å². The molecular formula is C17H20F3NO3S. The third-order valence-corrected chi connectivity index (χ3v) is 7.54. The van der Waals surface area contributed by atoms with Crippen LogP contribution in [0.15, 0.2) is 36.3 Å². The smallest absolute Gasteiger partial charge is 0.392 e. The SMILES string of the molecule is COC1=CC=CCC1(C)S(=O)(=O)n1ccc2c1C[C@@H](C(F)(F)F)CC2. The molecule has 4 nitrogen and oxygen atoms in total. The van der Waals surface area contributed by atoms with Crippen LogP contribution in [0.25, 0.3) is 0 Å². The Bertz CT molecular complexity index is 836. The lowest BCUT2D eigenvalue weighted by atomic mass is 9.88. The predicted octanol–water partition coefficient (Wildman–Crippen LogP) is 3.58. The highest BCUT2D eigenvalue weighted by atomic mass is 32.2. The van der Waals surface area contributed by atoms with E-state index in [1.807, 2.05) is 0 Å². The maximum atomic E-state index is 13.3. The molecule has 0 aliphatic heterocycles. The topological polar surface area (TPSA) is 48.3 Å². The number of nitrogens with zero attached hydrogens (tertiary/aromatic N) is 1. The van der Waals surface area contributed by atoms with E-state index in [0.29, 0.717) is 5.56 Å². The quantitative estimate of drug-likeness (QED) is 0.811. The Balaban J connectivity index is 2.05. The molecule has 0 N–H and O–H groups in total. The lowest BCUT2D eigenvalue weighted by Gasteiger charge is -2.33. The van der Waals surface area contributed by atoms with E-state index in [9.17, 15) is 21.6 Å². The van der Waals surface area contributed by atoms with Gasteiger partial charge in [0.15, 0.2) is 0 Å². The van der Waals surface area contributed by atoms with Crippen LogP contribution in [-0.2, 0) is 27.6 Å². The Kier molecular flexibility index (Phi) is 4.29. The van der Waals surface area contributed by atoms with Crippen molar-refractivity contribution < 1.29 is 26.3 Å². The van der Waals surface area contributed by atoms with Crippen LogP contribution in [0.2, 0.25) is 0 Å². The number of ether oxygens (including phenoxy) is 1. The Hall–Kier alpha value is -1.70. The van der Waals surface area contributed by atoms with Gasteiger partial charge < -0.3 is 4.74 Å². The third-order valence-electron chi connectivity index (χ3n) is 5.17. The number of hydrogen-bond acceptors (Lipinski definition) is 3. The first-order valence-electron chi connectivity index (χ1n) is 8.03. The summed E-state index contributed by atoms with van der Waals surface area (Å²) in [6.45, 7) is 1.54. The zero-order chi connectivity index (χ0) is 18.5. The fourth-order valence-electron chi connectivity index (χ4n) is 3.56. The second-order valence-corrected chi connectivity index (χ2v) is 8.91. The average molecular weight is 375 g/mol. The zero-order valence-electron chi connectivity index (χ0n) is 14.0. The lowest BCUT2D eigenvalue weighted by Crippen LogP contribution is -2.43. The van der Waals surface area contributed by atoms with E-state index in [1.54, 1.807) is 24.3 Å². The van der Waals surface area contributed by atoms with Crippen LogP contribution in [-0.4, -0.2) is 30.4 Å². The summed E-state index contributed by atoms with van der Waals surface area (Å²) in [4.78, 5) is 0. The Labute approximate surface area is 145 Å². The lowest BCUT2D eigenvalue weighted by molar-refractivity contribution is -0.177. The fourth-order valence-corrected chi connectivity index (χ4v) is 5.41. The molecule has 0 saturated carbocycles. The van der Waals surface area contributed by atoms with Crippen LogP contribution < -0.4 is 0 Å². The van der Waals surface area contributed by atoms with E-state index in [-0.39, 0.29) is 37.1 Å². The molecule has 0 saturated heterocycles. The molecule has 2 aliphatic carbocycles. The molecule has 1 unspecified atom stereocenters. The monoisotopic (exact) mass is 375 g/mol. The van der Waals surface area contributed by atoms with Gasteiger partial charge in [0.2, 0.25) is 0 Å². The molecule has 0 aromatic carbocycles. The van der Waals surface area contributed by atoms with Crippen LogP contribution in [0.4, 0.5) is 13.2 Å².